The molecule has 2 saturated heterocycles. The smallest absolute Gasteiger partial charge is 0.475 e. The van der Waals surface area contributed by atoms with Crippen LogP contribution in [0, 0.1) is 13.8 Å². The average Bonchev–Trinajstić information content (AvgIpc) is 3.27. The normalized spacial score (nSPS) is 20.7. The zero-order chi connectivity index (χ0) is 22.6. The molecule has 172 valence electrons. The molecule has 0 saturated carbocycles. The van der Waals surface area contributed by atoms with Crippen molar-refractivity contribution in [2.45, 2.75) is 57.7 Å². The Hall–Kier alpha value is -1.53. The number of hydrogen-bond acceptors (Lipinski definition) is 7. The standard InChI is InChI=1S/C18H24N2O2S2.C2HF3O2/c1-13-3-4-17(24-13)8-20-11-18(12-20)7-16(5-6-22-18)21-9-15-10-23-14(2)19-15;3-2(4,5)1(6)7/h3-4,10,16H,5-9,11-12H2,1-2H3;(H,6,7). The molecule has 2 aromatic heterocycles. The lowest BCUT2D eigenvalue weighted by Crippen LogP contribution is -2.65. The Morgan fingerprint density at radius 1 is 1.39 bits per heavy atom. The number of carboxylic acids is 1. The highest BCUT2D eigenvalue weighted by Crippen LogP contribution is 2.36. The molecular formula is C20H25F3N2O4S2. The Balaban J connectivity index is 0.000000339. The molecule has 2 aromatic rings. The third-order valence-corrected chi connectivity index (χ3v) is 6.83. The SMILES string of the molecule is Cc1ccc(CN2CC3(CC(OCc4csc(C)n4)CCO3)C2)s1.O=C(O)C(F)(F)F. The zero-order valence-corrected chi connectivity index (χ0v) is 18.9. The number of rotatable bonds is 5. The van der Waals surface area contributed by atoms with Gasteiger partial charge in [-0.1, -0.05) is 0 Å². The number of halogens is 3. The van der Waals surface area contributed by atoms with Gasteiger partial charge in [0.1, 0.15) is 0 Å². The molecule has 4 rings (SSSR count). The zero-order valence-electron chi connectivity index (χ0n) is 17.3. The summed E-state index contributed by atoms with van der Waals surface area (Å²) in [5.41, 5.74) is 1.08. The quantitative estimate of drug-likeness (QED) is 0.687. The molecule has 0 bridgehead atoms. The van der Waals surface area contributed by atoms with Gasteiger partial charge in [0.15, 0.2) is 0 Å². The largest absolute Gasteiger partial charge is 0.490 e. The molecule has 0 amide bonds. The summed E-state index contributed by atoms with van der Waals surface area (Å²) >= 11 is 3.58. The highest BCUT2D eigenvalue weighted by molar-refractivity contribution is 7.11. The lowest BCUT2D eigenvalue weighted by Gasteiger charge is -2.53. The highest BCUT2D eigenvalue weighted by Gasteiger charge is 2.47. The van der Waals surface area contributed by atoms with Crippen molar-refractivity contribution in [2.75, 3.05) is 19.7 Å². The summed E-state index contributed by atoms with van der Waals surface area (Å²) in [5.74, 6) is -2.76. The number of aromatic nitrogens is 1. The number of thiazole rings is 1. The van der Waals surface area contributed by atoms with Gasteiger partial charge in [-0.25, -0.2) is 9.78 Å². The molecule has 1 spiro atoms. The summed E-state index contributed by atoms with van der Waals surface area (Å²) in [5, 5.41) is 10.3. The first-order valence-corrected chi connectivity index (χ1v) is 11.5. The van der Waals surface area contributed by atoms with Gasteiger partial charge in [-0.15, -0.1) is 22.7 Å². The van der Waals surface area contributed by atoms with Crippen molar-refractivity contribution in [2.24, 2.45) is 0 Å². The van der Waals surface area contributed by atoms with Crippen LogP contribution >= 0.6 is 22.7 Å². The number of ether oxygens (including phenoxy) is 2. The number of alkyl halides is 3. The third-order valence-electron chi connectivity index (χ3n) is 5.02. The predicted octanol–water partition coefficient (Wildman–Crippen LogP) is 4.40. The first-order chi connectivity index (χ1) is 14.5. The van der Waals surface area contributed by atoms with Gasteiger partial charge in [0.25, 0.3) is 0 Å². The molecule has 2 aliphatic heterocycles. The van der Waals surface area contributed by atoms with Crippen molar-refractivity contribution in [3.63, 3.8) is 0 Å². The molecule has 0 radical (unpaired) electrons. The first-order valence-electron chi connectivity index (χ1n) is 9.79. The van der Waals surface area contributed by atoms with E-state index in [2.05, 4.69) is 34.3 Å². The van der Waals surface area contributed by atoms with Gasteiger partial charge in [0, 0.05) is 47.8 Å². The van der Waals surface area contributed by atoms with Gasteiger partial charge in [-0.05, 0) is 32.4 Å². The van der Waals surface area contributed by atoms with Gasteiger partial charge in [-0.3, -0.25) is 4.90 Å². The van der Waals surface area contributed by atoms with Crippen LogP contribution in [0.4, 0.5) is 13.2 Å². The monoisotopic (exact) mass is 478 g/mol. The van der Waals surface area contributed by atoms with Crippen LogP contribution in [0.25, 0.3) is 0 Å². The number of aryl methyl sites for hydroxylation is 2. The second-order valence-electron chi connectivity index (χ2n) is 7.78. The third kappa shape index (κ3) is 6.98. The van der Waals surface area contributed by atoms with Gasteiger partial charge < -0.3 is 14.6 Å². The fourth-order valence-electron chi connectivity index (χ4n) is 3.69. The van der Waals surface area contributed by atoms with Crippen LogP contribution in [-0.2, 0) is 27.4 Å². The van der Waals surface area contributed by atoms with E-state index in [1.807, 2.05) is 18.3 Å². The molecule has 2 fully saturated rings. The van der Waals surface area contributed by atoms with Gasteiger partial charge in [0.2, 0.25) is 0 Å². The van der Waals surface area contributed by atoms with Gasteiger partial charge in [0.05, 0.1) is 29.0 Å². The topological polar surface area (TPSA) is 71.9 Å². The van der Waals surface area contributed by atoms with E-state index < -0.39 is 12.1 Å². The van der Waals surface area contributed by atoms with E-state index in [4.69, 9.17) is 19.4 Å². The second-order valence-corrected chi connectivity index (χ2v) is 10.2. The Morgan fingerprint density at radius 2 is 2.10 bits per heavy atom. The fourth-order valence-corrected chi connectivity index (χ4v) is 5.22. The lowest BCUT2D eigenvalue weighted by atomic mass is 9.84. The maximum Gasteiger partial charge on any atom is 0.490 e. The summed E-state index contributed by atoms with van der Waals surface area (Å²) in [7, 11) is 0. The number of likely N-dealkylation sites (tertiary alicyclic amines) is 1. The maximum atomic E-state index is 10.6. The summed E-state index contributed by atoms with van der Waals surface area (Å²) in [4.78, 5) is 18.7. The first kappa shape index (κ1) is 24.1. The van der Waals surface area contributed by atoms with Gasteiger partial charge >= 0.3 is 12.1 Å². The molecular weight excluding hydrogens is 453 g/mol. The lowest BCUT2D eigenvalue weighted by molar-refractivity contribution is -0.200. The van der Waals surface area contributed by atoms with Crippen LogP contribution in [0.1, 0.15) is 33.3 Å². The molecule has 6 nitrogen and oxygen atoms in total. The molecule has 1 N–H and O–H groups in total. The van der Waals surface area contributed by atoms with Crippen LogP contribution in [0.15, 0.2) is 17.5 Å². The summed E-state index contributed by atoms with van der Waals surface area (Å²) in [6.45, 7) is 8.75. The minimum atomic E-state index is -5.08. The Bertz CT molecular complexity index is 878. The van der Waals surface area contributed by atoms with Gasteiger partial charge in [-0.2, -0.15) is 13.2 Å². The Kier molecular flexibility index (Phi) is 7.74. The predicted molar refractivity (Wildman–Crippen MR) is 111 cm³/mol. The molecule has 1 unspecified atom stereocenters. The minimum absolute atomic E-state index is 0.0210. The summed E-state index contributed by atoms with van der Waals surface area (Å²) in [6, 6.07) is 4.45. The molecule has 0 aromatic carbocycles. The van der Waals surface area contributed by atoms with E-state index in [0.29, 0.717) is 12.7 Å². The number of hydrogen-bond donors (Lipinski definition) is 1. The number of aliphatic carboxylic acids is 1. The van der Waals surface area contributed by atoms with Crippen molar-refractivity contribution in [3.05, 3.63) is 38.0 Å². The van der Waals surface area contributed by atoms with E-state index >= 15 is 0 Å². The average molecular weight is 479 g/mol. The number of nitrogens with zero attached hydrogens (tertiary/aromatic N) is 2. The Morgan fingerprint density at radius 3 is 2.65 bits per heavy atom. The van der Waals surface area contributed by atoms with Crippen molar-refractivity contribution in [1.82, 2.24) is 9.88 Å². The van der Waals surface area contributed by atoms with Crippen LogP contribution < -0.4 is 0 Å². The van der Waals surface area contributed by atoms with Crippen LogP contribution in [-0.4, -0.2) is 58.5 Å². The molecule has 31 heavy (non-hydrogen) atoms. The highest BCUT2D eigenvalue weighted by atomic mass is 32.1. The van der Waals surface area contributed by atoms with Crippen molar-refractivity contribution < 1.29 is 32.5 Å². The van der Waals surface area contributed by atoms with Crippen molar-refractivity contribution >= 4 is 28.6 Å². The van der Waals surface area contributed by atoms with Crippen LogP contribution in [0.2, 0.25) is 0 Å². The fraction of sp³-hybridized carbons (Fsp3) is 0.600. The van der Waals surface area contributed by atoms with E-state index in [0.717, 1.165) is 49.8 Å². The van der Waals surface area contributed by atoms with E-state index in [-0.39, 0.29) is 5.60 Å². The minimum Gasteiger partial charge on any atom is -0.475 e. The maximum absolute atomic E-state index is 10.6. The number of carboxylic acid groups (broad SMARTS) is 1. The summed E-state index contributed by atoms with van der Waals surface area (Å²) < 4.78 is 44.0. The van der Waals surface area contributed by atoms with Crippen molar-refractivity contribution in [3.8, 4) is 0 Å². The number of thiophene rings is 1. The van der Waals surface area contributed by atoms with E-state index in [1.165, 1.54) is 9.75 Å². The molecule has 0 aliphatic carbocycles. The molecule has 2 aliphatic rings. The van der Waals surface area contributed by atoms with E-state index in [1.54, 1.807) is 11.3 Å². The van der Waals surface area contributed by atoms with Crippen LogP contribution in [0.5, 0.6) is 0 Å². The van der Waals surface area contributed by atoms with Crippen LogP contribution in [0.3, 0.4) is 0 Å². The van der Waals surface area contributed by atoms with Crippen molar-refractivity contribution in [1.29, 1.82) is 0 Å². The molecule has 4 heterocycles. The Labute approximate surface area is 186 Å². The second kappa shape index (κ2) is 9.95. The number of carbonyl (C=O) groups is 1. The molecule has 11 heteroatoms. The molecule has 1 atom stereocenters. The summed E-state index contributed by atoms with van der Waals surface area (Å²) in [6.07, 6.45) is -2.78. The van der Waals surface area contributed by atoms with E-state index in [9.17, 15) is 13.2 Å².